The summed E-state index contributed by atoms with van der Waals surface area (Å²) in [6.45, 7) is 2.69. The molecule has 0 fully saturated rings. The third-order valence-electron chi connectivity index (χ3n) is 1.61. The average Bonchev–Trinajstić information content (AvgIpc) is 2.34. The summed E-state index contributed by atoms with van der Waals surface area (Å²) in [7, 11) is 1.87. The van der Waals surface area contributed by atoms with E-state index in [0.29, 0.717) is 12.5 Å². The first-order valence-corrected chi connectivity index (χ1v) is 3.30. The van der Waals surface area contributed by atoms with Crippen LogP contribution >= 0.6 is 0 Å². The van der Waals surface area contributed by atoms with Gasteiger partial charge < -0.3 is 5.73 Å². The van der Waals surface area contributed by atoms with Gasteiger partial charge in [-0.15, -0.1) is 5.10 Å². The molecule has 4 nitrogen and oxygen atoms in total. The van der Waals surface area contributed by atoms with Gasteiger partial charge in [0.1, 0.15) is 0 Å². The van der Waals surface area contributed by atoms with Gasteiger partial charge in [0, 0.05) is 19.5 Å². The second-order valence-corrected chi connectivity index (χ2v) is 2.42. The van der Waals surface area contributed by atoms with E-state index in [1.165, 1.54) is 0 Å². The zero-order chi connectivity index (χ0) is 7.56. The van der Waals surface area contributed by atoms with E-state index in [4.69, 9.17) is 5.73 Å². The van der Waals surface area contributed by atoms with Crippen molar-refractivity contribution in [1.82, 2.24) is 15.0 Å². The molecular weight excluding hydrogens is 128 g/mol. The molecule has 1 aromatic rings. The number of hydrogen-bond acceptors (Lipinski definition) is 3. The van der Waals surface area contributed by atoms with Gasteiger partial charge in [0.25, 0.3) is 0 Å². The third kappa shape index (κ3) is 1.16. The number of aromatic nitrogens is 3. The Labute approximate surface area is 60.0 Å². The van der Waals surface area contributed by atoms with Crippen LogP contribution < -0.4 is 5.73 Å². The van der Waals surface area contributed by atoms with Crippen molar-refractivity contribution >= 4 is 0 Å². The molecule has 0 spiro atoms. The van der Waals surface area contributed by atoms with Crippen LogP contribution in [0.4, 0.5) is 0 Å². The zero-order valence-electron chi connectivity index (χ0n) is 6.28. The number of nitrogens with zero attached hydrogens (tertiary/aromatic N) is 3. The van der Waals surface area contributed by atoms with Crippen LogP contribution in [0.3, 0.4) is 0 Å². The van der Waals surface area contributed by atoms with Gasteiger partial charge in [-0.2, -0.15) is 0 Å². The van der Waals surface area contributed by atoms with Crippen molar-refractivity contribution in [2.24, 2.45) is 12.8 Å². The van der Waals surface area contributed by atoms with E-state index in [-0.39, 0.29) is 0 Å². The molecule has 2 N–H and O–H groups in total. The number of aryl methyl sites for hydroxylation is 1. The average molecular weight is 140 g/mol. The number of rotatable bonds is 2. The van der Waals surface area contributed by atoms with E-state index in [2.05, 4.69) is 17.2 Å². The predicted molar refractivity (Wildman–Crippen MR) is 38.5 cm³/mol. The fraction of sp³-hybridized carbons (Fsp3) is 0.667. The van der Waals surface area contributed by atoms with Crippen LogP contribution in [0.25, 0.3) is 0 Å². The molecule has 1 rings (SSSR count). The lowest BCUT2D eigenvalue weighted by Crippen LogP contribution is -2.12. The Morgan fingerprint density at radius 1 is 1.80 bits per heavy atom. The van der Waals surface area contributed by atoms with Crippen LogP contribution in [0.15, 0.2) is 6.20 Å². The molecule has 10 heavy (non-hydrogen) atoms. The van der Waals surface area contributed by atoms with Crippen molar-refractivity contribution in [3.8, 4) is 0 Å². The molecule has 0 saturated heterocycles. The summed E-state index contributed by atoms with van der Waals surface area (Å²) in [5.74, 6) is 0.347. The molecule has 56 valence electrons. The number of nitrogens with two attached hydrogens (primary N) is 1. The Balaban J connectivity index is 2.82. The van der Waals surface area contributed by atoms with Crippen LogP contribution in [-0.4, -0.2) is 21.5 Å². The van der Waals surface area contributed by atoms with Crippen molar-refractivity contribution in [2.45, 2.75) is 12.8 Å². The van der Waals surface area contributed by atoms with Gasteiger partial charge in [-0.05, 0) is 0 Å². The smallest absolute Gasteiger partial charge is 0.0728 e. The summed E-state index contributed by atoms with van der Waals surface area (Å²) < 4.78 is 1.75. The second kappa shape index (κ2) is 2.79. The molecule has 0 amide bonds. The molecule has 0 aliphatic heterocycles. The molecule has 0 bridgehead atoms. The van der Waals surface area contributed by atoms with Crippen molar-refractivity contribution in [3.63, 3.8) is 0 Å². The minimum absolute atomic E-state index is 0.347. The highest BCUT2D eigenvalue weighted by Gasteiger charge is 2.06. The minimum Gasteiger partial charge on any atom is -0.330 e. The summed E-state index contributed by atoms with van der Waals surface area (Å²) in [5.41, 5.74) is 6.55. The number of hydrogen-bond donors (Lipinski definition) is 1. The standard InChI is InChI=1S/C6H12N4/c1-5(3-7)6-4-8-9-10(6)2/h4-5H,3,7H2,1-2H3. The Morgan fingerprint density at radius 3 is 2.90 bits per heavy atom. The largest absolute Gasteiger partial charge is 0.330 e. The molecule has 0 radical (unpaired) electrons. The summed E-state index contributed by atoms with van der Waals surface area (Å²) >= 11 is 0. The Kier molecular flexibility index (Phi) is 2.01. The molecular formula is C6H12N4. The van der Waals surface area contributed by atoms with Gasteiger partial charge in [0.05, 0.1) is 11.9 Å². The van der Waals surface area contributed by atoms with Gasteiger partial charge in [-0.1, -0.05) is 12.1 Å². The third-order valence-corrected chi connectivity index (χ3v) is 1.61. The lowest BCUT2D eigenvalue weighted by Gasteiger charge is -2.05. The van der Waals surface area contributed by atoms with Crippen LogP contribution in [0.5, 0.6) is 0 Å². The van der Waals surface area contributed by atoms with Crippen LogP contribution in [0.1, 0.15) is 18.5 Å². The summed E-state index contributed by atoms with van der Waals surface area (Å²) in [4.78, 5) is 0. The van der Waals surface area contributed by atoms with Crippen LogP contribution in [0.2, 0.25) is 0 Å². The van der Waals surface area contributed by atoms with E-state index in [0.717, 1.165) is 5.69 Å². The van der Waals surface area contributed by atoms with Crippen molar-refractivity contribution < 1.29 is 0 Å². The second-order valence-electron chi connectivity index (χ2n) is 2.42. The van der Waals surface area contributed by atoms with E-state index >= 15 is 0 Å². The Bertz CT molecular complexity index is 205. The first-order valence-electron chi connectivity index (χ1n) is 3.30. The van der Waals surface area contributed by atoms with E-state index in [1.807, 2.05) is 7.05 Å². The van der Waals surface area contributed by atoms with E-state index in [9.17, 15) is 0 Å². The van der Waals surface area contributed by atoms with Gasteiger partial charge >= 0.3 is 0 Å². The summed E-state index contributed by atoms with van der Waals surface area (Å²) in [5, 5.41) is 7.54. The quantitative estimate of drug-likeness (QED) is 0.623. The highest BCUT2D eigenvalue weighted by Crippen LogP contribution is 2.09. The fourth-order valence-corrected chi connectivity index (χ4v) is 0.865. The lowest BCUT2D eigenvalue weighted by molar-refractivity contribution is 0.629. The maximum absolute atomic E-state index is 5.46. The first-order chi connectivity index (χ1) is 4.75. The van der Waals surface area contributed by atoms with Gasteiger partial charge in [0.15, 0.2) is 0 Å². The molecule has 0 saturated carbocycles. The van der Waals surface area contributed by atoms with Crippen molar-refractivity contribution in [1.29, 1.82) is 0 Å². The Morgan fingerprint density at radius 2 is 2.50 bits per heavy atom. The SMILES string of the molecule is CC(CN)c1cnnn1C. The van der Waals surface area contributed by atoms with Gasteiger partial charge in [-0.25, -0.2) is 0 Å². The highest BCUT2D eigenvalue weighted by molar-refractivity contribution is 5.01. The maximum Gasteiger partial charge on any atom is 0.0728 e. The fourth-order valence-electron chi connectivity index (χ4n) is 0.865. The molecule has 1 unspecified atom stereocenters. The molecule has 0 aliphatic rings. The van der Waals surface area contributed by atoms with Crippen molar-refractivity contribution in [3.05, 3.63) is 11.9 Å². The zero-order valence-corrected chi connectivity index (χ0v) is 6.28. The molecule has 0 aliphatic carbocycles. The highest BCUT2D eigenvalue weighted by atomic mass is 15.4. The van der Waals surface area contributed by atoms with Crippen LogP contribution in [-0.2, 0) is 7.05 Å². The van der Waals surface area contributed by atoms with Gasteiger partial charge in [-0.3, -0.25) is 4.68 Å². The normalized spacial score (nSPS) is 13.5. The topological polar surface area (TPSA) is 56.7 Å². The monoisotopic (exact) mass is 140 g/mol. The van der Waals surface area contributed by atoms with Gasteiger partial charge in [0.2, 0.25) is 0 Å². The van der Waals surface area contributed by atoms with E-state index < -0.39 is 0 Å². The molecule has 1 atom stereocenters. The van der Waals surface area contributed by atoms with E-state index in [1.54, 1.807) is 10.9 Å². The first kappa shape index (κ1) is 7.21. The molecule has 1 heterocycles. The maximum atomic E-state index is 5.46. The van der Waals surface area contributed by atoms with Crippen LogP contribution in [0, 0.1) is 0 Å². The molecule has 4 heteroatoms. The molecule has 1 aromatic heterocycles. The predicted octanol–water partition coefficient (Wildman–Crippen LogP) is -0.123. The summed E-state index contributed by atoms with van der Waals surface area (Å²) in [6, 6.07) is 0. The molecule has 0 aromatic carbocycles. The lowest BCUT2D eigenvalue weighted by atomic mass is 10.1. The minimum atomic E-state index is 0.347. The Hall–Kier alpha value is -0.900. The summed E-state index contributed by atoms with van der Waals surface area (Å²) in [6.07, 6.45) is 1.75. The van der Waals surface area contributed by atoms with Crippen molar-refractivity contribution in [2.75, 3.05) is 6.54 Å².